The number of ether oxygens (including phenoxy) is 1. The molecule has 2 aromatic carbocycles. The van der Waals surface area contributed by atoms with Crippen LogP contribution in [0, 0.1) is 12.7 Å². The number of nitrogens with zero attached hydrogens (tertiary/aromatic N) is 1. The van der Waals surface area contributed by atoms with Gasteiger partial charge in [0.25, 0.3) is 5.91 Å². The minimum absolute atomic E-state index is 0.0162. The summed E-state index contributed by atoms with van der Waals surface area (Å²) in [6, 6.07) is 8.56. The quantitative estimate of drug-likeness (QED) is 0.576. The normalized spacial score (nSPS) is 15.1. The third-order valence-electron chi connectivity index (χ3n) is 5.54. The molecule has 0 spiro atoms. The summed E-state index contributed by atoms with van der Waals surface area (Å²) in [5.41, 5.74) is 1.19. The number of hydrogen-bond donors (Lipinski definition) is 1. The molecule has 1 aliphatic heterocycles. The van der Waals surface area contributed by atoms with Gasteiger partial charge in [0.05, 0.1) is 6.61 Å². The maximum absolute atomic E-state index is 13.6. The number of piperidine rings is 1. The van der Waals surface area contributed by atoms with E-state index in [1.807, 2.05) is 0 Å². The molecule has 1 fully saturated rings. The first-order valence-corrected chi connectivity index (χ1v) is 12.0. The molecule has 1 amide bonds. The lowest BCUT2D eigenvalue weighted by Gasteiger charge is -2.27. The van der Waals surface area contributed by atoms with Gasteiger partial charge in [-0.3, -0.25) is 4.79 Å². The predicted molar refractivity (Wildman–Crippen MR) is 119 cm³/mol. The fourth-order valence-corrected chi connectivity index (χ4v) is 5.58. The summed E-state index contributed by atoms with van der Waals surface area (Å²) in [7, 11) is -3.78. The van der Waals surface area contributed by atoms with E-state index in [4.69, 9.17) is 9.15 Å². The van der Waals surface area contributed by atoms with Crippen molar-refractivity contribution in [3.8, 4) is 5.75 Å². The number of anilines is 1. The summed E-state index contributed by atoms with van der Waals surface area (Å²) < 4.78 is 52.7. The van der Waals surface area contributed by atoms with E-state index >= 15 is 0 Å². The number of amides is 1. The molecule has 32 heavy (non-hydrogen) atoms. The van der Waals surface area contributed by atoms with Crippen LogP contribution in [0.1, 0.15) is 42.3 Å². The molecule has 0 aliphatic carbocycles. The number of aryl methyl sites for hydroxylation is 1. The Balaban J connectivity index is 1.66. The highest BCUT2D eigenvalue weighted by atomic mass is 32.2. The molecule has 0 bridgehead atoms. The van der Waals surface area contributed by atoms with E-state index in [9.17, 15) is 17.6 Å². The van der Waals surface area contributed by atoms with Crippen LogP contribution in [0.2, 0.25) is 0 Å². The molecule has 7 nitrogen and oxygen atoms in total. The maximum atomic E-state index is 13.6. The molecule has 0 unspecified atom stereocenters. The second kappa shape index (κ2) is 8.91. The summed E-state index contributed by atoms with van der Waals surface area (Å²) in [6.45, 7) is 4.67. The van der Waals surface area contributed by atoms with Crippen molar-refractivity contribution in [2.75, 3.05) is 25.0 Å². The van der Waals surface area contributed by atoms with Gasteiger partial charge in [0.15, 0.2) is 5.76 Å². The molecule has 170 valence electrons. The van der Waals surface area contributed by atoms with Gasteiger partial charge in [0, 0.05) is 29.7 Å². The van der Waals surface area contributed by atoms with Crippen LogP contribution < -0.4 is 10.1 Å². The Morgan fingerprint density at radius 3 is 2.62 bits per heavy atom. The van der Waals surface area contributed by atoms with E-state index < -0.39 is 21.7 Å². The highest BCUT2D eigenvalue weighted by Crippen LogP contribution is 2.32. The smallest absolute Gasteiger partial charge is 0.291 e. The number of sulfonamides is 1. The van der Waals surface area contributed by atoms with Gasteiger partial charge in [0.1, 0.15) is 22.0 Å². The number of halogens is 1. The Bertz CT molecular complexity index is 1260. The van der Waals surface area contributed by atoms with Crippen molar-refractivity contribution in [2.45, 2.75) is 38.0 Å². The fourth-order valence-electron chi connectivity index (χ4n) is 3.90. The number of carbonyl (C=O) groups excluding carboxylic acids is 1. The SMILES string of the molecule is CCOc1ccc(NC(=O)c2oc3ccc(F)cc3c2C)cc1S(=O)(=O)N1CCCCC1. The summed E-state index contributed by atoms with van der Waals surface area (Å²) in [5.74, 6) is -0.691. The summed E-state index contributed by atoms with van der Waals surface area (Å²) in [4.78, 5) is 12.9. The molecule has 3 aromatic rings. The molecule has 1 saturated heterocycles. The van der Waals surface area contributed by atoms with E-state index in [1.165, 1.54) is 34.6 Å². The van der Waals surface area contributed by atoms with Crippen LogP contribution in [0.3, 0.4) is 0 Å². The fraction of sp³-hybridized carbons (Fsp3) is 0.348. The van der Waals surface area contributed by atoms with Crippen LogP contribution in [0.5, 0.6) is 5.75 Å². The zero-order valence-electron chi connectivity index (χ0n) is 18.0. The number of rotatable bonds is 6. The van der Waals surface area contributed by atoms with E-state index in [2.05, 4.69) is 5.32 Å². The van der Waals surface area contributed by atoms with Crippen LogP contribution >= 0.6 is 0 Å². The molecule has 0 atom stereocenters. The van der Waals surface area contributed by atoms with Crippen LogP contribution in [0.25, 0.3) is 11.0 Å². The zero-order chi connectivity index (χ0) is 22.9. The Kier molecular flexibility index (Phi) is 6.21. The maximum Gasteiger partial charge on any atom is 0.291 e. The Morgan fingerprint density at radius 1 is 1.16 bits per heavy atom. The van der Waals surface area contributed by atoms with E-state index in [0.717, 1.165) is 19.3 Å². The van der Waals surface area contributed by atoms with Crippen LogP contribution in [-0.4, -0.2) is 38.3 Å². The molecule has 1 aromatic heterocycles. The Morgan fingerprint density at radius 2 is 1.91 bits per heavy atom. The predicted octanol–water partition coefficient (Wildman–Crippen LogP) is 4.71. The van der Waals surface area contributed by atoms with Crippen molar-refractivity contribution in [1.82, 2.24) is 4.31 Å². The molecule has 2 heterocycles. The van der Waals surface area contributed by atoms with Crippen molar-refractivity contribution in [2.24, 2.45) is 0 Å². The topological polar surface area (TPSA) is 88.8 Å². The van der Waals surface area contributed by atoms with Crippen LogP contribution in [0.15, 0.2) is 45.7 Å². The average Bonchev–Trinajstić information content (AvgIpc) is 3.11. The first kappa shape index (κ1) is 22.3. The van der Waals surface area contributed by atoms with E-state index in [-0.39, 0.29) is 16.4 Å². The van der Waals surface area contributed by atoms with Gasteiger partial charge in [-0.1, -0.05) is 6.42 Å². The van der Waals surface area contributed by atoms with E-state index in [1.54, 1.807) is 19.9 Å². The number of fused-ring (bicyclic) bond motifs is 1. The van der Waals surface area contributed by atoms with Crippen molar-refractivity contribution in [3.05, 3.63) is 53.5 Å². The van der Waals surface area contributed by atoms with Crippen molar-refractivity contribution >= 4 is 32.6 Å². The van der Waals surface area contributed by atoms with Gasteiger partial charge in [-0.05, 0) is 63.1 Å². The standard InChI is InChI=1S/C23H25FN2O5S/c1-3-30-20-10-8-17(14-21(20)32(28,29)26-11-5-4-6-12-26)25-23(27)22-15(2)18-13-16(24)7-9-19(18)31-22/h7-10,13-14H,3-6,11-12H2,1-2H3,(H,25,27). The molecule has 1 N–H and O–H groups in total. The first-order valence-electron chi connectivity index (χ1n) is 10.6. The number of benzene rings is 2. The highest BCUT2D eigenvalue weighted by molar-refractivity contribution is 7.89. The molecule has 1 aliphatic rings. The first-order chi connectivity index (χ1) is 15.3. The molecular weight excluding hydrogens is 435 g/mol. The number of nitrogens with one attached hydrogen (secondary N) is 1. The summed E-state index contributed by atoms with van der Waals surface area (Å²) >= 11 is 0. The molecule has 4 rings (SSSR count). The van der Waals surface area contributed by atoms with Crippen molar-refractivity contribution in [1.29, 1.82) is 0 Å². The van der Waals surface area contributed by atoms with Gasteiger partial charge in [-0.2, -0.15) is 4.31 Å². The summed E-state index contributed by atoms with van der Waals surface area (Å²) in [6.07, 6.45) is 2.62. The second-order valence-corrected chi connectivity index (χ2v) is 9.62. The van der Waals surface area contributed by atoms with Crippen molar-refractivity contribution in [3.63, 3.8) is 0 Å². The minimum atomic E-state index is -3.78. The summed E-state index contributed by atoms with van der Waals surface area (Å²) in [5, 5.41) is 3.20. The van der Waals surface area contributed by atoms with E-state index in [0.29, 0.717) is 41.9 Å². The van der Waals surface area contributed by atoms with Gasteiger partial charge < -0.3 is 14.5 Å². The van der Waals surface area contributed by atoms with Crippen LogP contribution in [-0.2, 0) is 10.0 Å². The lowest BCUT2D eigenvalue weighted by Crippen LogP contribution is -2.35. The Hall–Kier alpha value is -2.91. The molecule has 0 radical (unpaired) electrons. The Labute approximate surface area is 186 Å². The molecule has 0 saturated carbocycles. The average molecular weight is 461 g/mol. The minimum Gasteiger partial charge on any atom is -0.492 e. The van der Waals surface area contributed by atoms with Gasteiger partial charge in [0.2, 0.25) is 10.0 Å². The third-order valence-corrected chi connectivity index (χ3v) is 7.46. The van der Waals surface area contributed by atoms with Crippen LogP contribution in [0.4, 0.5) is 10.1 Å². The monoisotopic (exact) mass is 460 g/mol. The highest BCUT2D eigenvalue weighted by Gasteiger charge is 2.29. The van der Waals surface area contributed by atoms with Gasteiger partial charge in [-0.15, -0.1) is 0 Å². The van der Waals surface area contributed by atoms with Gasteiger partial charge >= 0.3 is 0 Å². The third kappa shape index (κ3) is 4.22. The second-order valence-electron chi connectivity index (χ2n) is 7.71. The number of carbonyl (C=O) groups is 1. The number of furan rings is 1. The lowest BCUT2D eigenvalue weighted by molar-refractivity contribution is 0.0998. The zero-order valence-corrected chi connectivity index (χ0v) is 18.8. The largest absolute Gasteiger partial charge is 0.492 e. The molecular formula is C23H25FN2O5S. The van der Waals surface area contributed by atoms with Crippen molar-refractivity contribution < 1.29 is 26.8 Å². The van der Waals surface area contributed by atoms with Gasteiger partial charge in [-0.25, -0.2) is 12.8 Å². The number of hydrogen-bond acceptors (Lipinski definition) is 5. The lowest BCUT2D eigenvalue weighted by atomic mass is 10.1. The molecule has 9 heteroatoms.